The number of carbonyl (C=O) groups is 1. The standard InChI is InChI=1S/C22H25NO2/c1-25-19-9-4-6-16(14-19)15-22(24)23(18-12-13-18)21-11-5-8-17-7-2-3-10-20(17)21/h2-4,6-7,9-10,14,18,21H,5,8,11-13,15H2,1H3. The van der Waals surface area contributed by atoms with Crippen molar-refractivity contribution in [2.24, 2.45) is 0 Å². The Morgan fingerprint density at radius 2 is 1.96 bits per heavy atom. The van der Waals surface area contributed by atoms with Crippen LogP contribution in [0.4, 0.5) is 0 Å². The summed E-state index contributed by atoms with van der Waals surface area (Å²) in [7, 11) is 1.66. The Hall–Kier alpha value is -2.29. The van der Waals surface area contributed by atoms with Crippen molar-refractivity contribution >= 4 is 5.91 Å². The molecule has 3 heteroatoms. The summed E-state index contributed by atoms with van der Waals surface area (Å²) in [4.78, 5) is 15.4. The highest BCUT2D eigenvalue weighted by molar-refractivity contribution is 5.80. The van der Waals surface area contributed by atoms with Gasteiger partial charge in [-0.2, -0.15) is 0 Å². The van der Waals surface area contributed by atoms with Gasteiger partial charge in [-0.1, -0.05) is 36.4 Å². The number of methoxy groups -OCH3 is 1. The first-order valence-corrected chi connectivity index (χ1v) is 9.28. The van der Waals surface area contributed by atoms with Crippen LogP contribution >= 0.6 is 0 Å². The number of benzene rings is 2. The second kappa shape index (κ2) is 6.91. The lowest BCUT2D eigenvalue weighted by atomic mass is 9.86. The molecule has 0 heterocycles. The van der Waals surface area contributed by atoms with E-state index in [1.807, 2.05) is 24.3 Å². The maximum Gasteiger partial charge on any atom is 0.227 e. The smallest absolute Gasteiger partial charge is 0.227 e. The van der Waals surface area contributed by atoms with Crippen molar-refractivity contribution in [1.82, 2.24) is 4.90 Å². The third-order valence-corrected chi connectivity index (χ3v) is 5.39. The van der Waals surface area contributed by atoms with Gasteiger partial charge in [0, 0.05) is 6.04 Å². The summed E-state index contributed by atoms with van der Waals surface area (Å²) in [5.74, 6) is 1.06. The Morgan fingerprint density at radius 1 is 1.12 bits per heavy atom. The molecule has 2 aliphatic carbocycles. The number of carbonyl (C=O) groups excluding carboxylic acids is 1. The number of ether oxygens (including phenoxy) is 1. The van der Waals surface area contributed by atoms with Gasteiger partial charge in [0.25, 0.3) is 0 Å². The van der Waals surface area contributed by atoms with Crippen LogP contribution in [0, 0.1) is 0 Å². The minimum Gasteiger partial charge on any atom is -0.497 e. The summed E-state index contributed by atoms with van der Waals surface area (Å²) in [5.41, 5.74) is 3.80. The van der Waals surface area contributed by atoms with E-state index >= 15 is 0 Å². The van der Waals surface area contributed by atoms with Crippen molar-refractivity contribution in [3.05, 3.63) is 65.2 Å². The fourth-order valence-corrected chi connectivity index (χ4v) is 4.05. The van der Waals surface area contributed by atoms with Crippen LogP contribution in [0.3, 0.4) is 0 Å². The molecule has 4 rings (SSSR count). The second-order valence-corrected chi connectivity index (χ2v) is 7.17. The predicted molar refractivity (Wildman–Crippen MR) is 98.7 cm³/mol. The van der Waals surface area contributed by atoms with Crippen LogP contribution in [0.1, 0.15) is 48.4 Å². The molecule has 1 atom stereocenters. The maximum absolute atomic E-state index is 13.2. The highest BCUT2D eigenvalue weighted by Gasteiger charge is 2.39. The molecule has 0 N–H and O–H groups in total. The van der Waals surface area contributed by atoms with Crippen LogP contribution in [0.2, 0.25) is 0 Å². The number of hydrogen-bond acceptors (Lipinski definition) is 2. The highest BCUT2D eigenvalue weighted by Crippen LogP contribution is 2.41. The van der Waals surface area contributed by atoms with Crippen LogP contribution in [-0.4, -0.2) is 24.0 Å². The summed E-state index contributed by atoms with van der Waals surface area (Å²) >= 11 is 0. The molecule has 1 saturated carbocycles. The van der Waals surface area contributed by atoms with Gasteiger partial charge in [-0.05, 0) is 60.9 Å². The number of hydrogen-bond donors (Lipinski definition) is 0. The van der Waals surface area contributed by atoms with Crippen molar-refractivity contribution < 1.29 is 9.53 Å². The van der Waals surface area contributed by atoms with Crippen molar-refractivity contribution in [3.8, 4) is 5.75 Å². The van der Waals surface area contributed by atoms with E-state index in [1.54, 1.807) is 7.11 Å². The number of nitrogens with zero attached hydrogens (tertiary/aromatic N) is 1. The van der Waals surface area contributed by atoms with Crippen LogP contribution in [0.5, 0.6) is 5.75 Å². The predicted octanol–water partition coefficient (Wildman–Crippen LogP) is 4.31. The van der Waals surface area contributed by atoms with Crippen LogP contribution < -0.4 is 4.74 Å². The van der Waals surface area contributed by atoms with Crippen molar-refractivity contribution in [2.75, 3.05) is 7.11 Å². The normalized spacial score (nSPS) is 19.2. The molecule has 2 aliphatic rings. The first-order valence-electron chi connectivity index (χ1n) is 9.28. The zero-order valence-electron chi connectivity index (χ0n) is 14.8. The number of fused-ring (bicyclic) bond motifs is 1. The number of rotatable bonds is 5. The summed E-state index contributed by atoms with van der Waals surface area (Å²) in [6, 6.07) is 17.2. The monoisotopic (exact) mass is 335 g/mol. The SMILES string of the molecule is COc1cccc(CC(=O)N(C2CC2)C2CCCc3ccccc32)c1. The second-order valence-electron chi connectivity index (χ2n) is 7.17. The lowest BCUT2D eigenvalue weighted by Gasteiger charge is -2.36. The van der Waals surface area contributed by atoms with E-state index in [-0.39, 0.29) is 11.9 Å². The summed E-state index contributed by atoms with van der Waals surface area (Å²) in [6.07, 6.45) is 6.11. The molecule has 130 valence electrons. The first kappa shape index (κ1) is 16.2. The van der Waals surface area contributed by atoms with Gasteiger partial charge in [-0.25, -0.2) is 0 Å². The summed E-state index contributed by atoms with van der Waals surface area (Å²) in [5, 5.41) is 0. The molecule has 25 heavy (non-hydrogen) atoms. The average molecular weight is 335 g/mol. The molecule has 0 bridgehead atoms. The third kappa shape index (κ3) is 3.41. The summed E-state index contributed by atoms with van der Waals surface area (Å²) < 4.78 is 5.29. The third-order valence-electron chi connectivity index (χ3n) is 5.39. The Bertz CT molecular complexity index is 766. The molecule has 3 nitrogen and oxygen atoms in total. The molecule has 0 saturated heterocycles. The average Bonchev–Trinajstić information content (AvgIpc) is 3.47. The Kier molecular flexibility index (Phi) is 4.48. The molecule has 0 aliphatic heterocycles. The molecular weight excluding hydrogens is 310 g/mol. The Labute approximate surface area is 149 Å². The minimum absolute atomic E-state index is 0.246. The van der Waals surface area contributed by atoms with Crippen LogP contribution in [0.25, 0.3) is 0 Å². The van der Waals surface area contributed by atoms with Gasteiger partial charge in [0.05, 0.1) is 19.6 Å². The molecule has 2 aromatic rings. The van der Waals surface area contributed by atoms with Gasteiger partial charge in [-0.15, -0.1) is 0 Å². The zero-order chi connectivity index (χ0) is 17.2. The molecular formula is C22H25NO2. The highest BCUT2D eigenvalue weighted by atomic mass is 16.5. The lowest BCUT2D eigenvalue weighted by molar-refractivity contribution is -0.134. The van der Waals surface area contributed by atoms with E-state index < -0.39 is 0 Å². The molecule has 0 aromatic heterocycles. The van der Waals surface area contributed by atoms with E-state index in [0.717, 1.165) is 43.4 Å². The van der Waals surface area contributed by atoms with Gasteiger partial charge in [-0.3, -0.25) is 4.79 Å². The maximum atomic E-state index is 13.2. The quantitative estimate of drug-likeness (QED) is 0.815. The largest absolute Gasteiger partial charge is 0.497 e. The molecule has 0 radical (unpaired) electrons. The minimum atomic E-state index is 0.246. The van der Waals surface area contributed by atoms with E-state index in [0.29, 0.717) is 12.5 Å². The molecule has 2 aromatic carbocycles. The van der Waals surface area contributed by atoms with Gasteiger partial charge in [0.2, 0.25) is 5.91 Å². The van der Waals surface area contributed by atoms with Crippen LogP contribution in [0.15, 0.2) is 48.5 Å². The summed E-state index contributed by atoms with van der Waals surface area (Å²) in [6.45, 7) is 0. The lowest BCUT2D eigenvalue weighted by Crippen LogP contribution is -2.39. The number of aryl methyl sites for hydroxylation is 1. The topological polar surface area (TPSA) is 29.5 Å². The Morgan fingerprint density at radius 3 is 2.76 bits per heavy atom. The van der Waals surface area contributed by atoms with E-state index in [1.165, 1.54) is 11.1 Å². The molecule has 1 fully saturated rings. The first-order chi connectivity index (χ1) is 12.3. The zero-order valence-corrected chi connectivity index (χ0v) is 14.8. The Balaban J connectivity index is 1.58. The van der Waals surface area contributed by atoms with Crippen LogP contribution in [-0.2, 0) is 17.6 Å². The van der Waals surface area contributed by atoms with E-state index in [2.05, 4.69) is 29.2 Å². The van der Waals surface area contributed by atoms with E-state index in [9.17, 15) is 4.79 Å². The van der Waals surface area contributed by atoms with Gasteiger partial charge >= 0.3 is 0 Å². The van der Waals surface area contributed by atoms with Crippen molar-refractivity contribution in [3.63, 3.8) is 0 Å². The van der Waals surface area contributed by atoms with Gasteiger partial charge in [0.1, 0.15) is 5.75 Å². The van der Waals surface area contributed by atoms with Gasteiger partial charge in [0.15, 0.2) is 0 Å². The number of amides is 1. The fourth-order valence-electron chi connectivity index (χ4n) is 4.05. The van der Waals surface area contributed by atoms with E-state index in [4.69, 9.17) is 4.74 Å². The fraction of sp³-hybridized carbons (Fsp3) is 0.409. The molecule has 1 amide bonds. The van der Waals surface area contributed by atoms with Crippen molar-refractivity contribution in [1.29, 1.82) is 0 Å². The van der Waals surface area contributed by atoms with Crippen molar-refractivity contribution in [2.45, 2.75) is 50.6 Å². The molecule has 1 unspecified atom stereocenters. The van der Waals surface area contributed by atoms with Gasteiger partial charge < -0.3 is 9.64 Å². The molecule has 0 spiro atoms.